The summed E-state index contributed by atoms with van der Waals surface area (Å²) in [6.07, 6.45) is -0.301. The van der Waals surface area contributed by atoms with Crippen molar-refractivity contribution in [3.63, 3.8) is 0 Å². The summed E-state index contributed by atoms with van der Waals surface area (Å²) < 4.78 is 0. The summed E-state index contributed by atoms with van der Waals surface area (Å²) in [5, 5.41) is 9.38. The fourth-order valence-electron chi connectivity index (χ4n) is 1.98. The van der Waals surface area contributed by atoms with E-state index in [9.17, 15) is 14.4 Å². The van der Waals surface area contributed by atoms with E-state index in [-0.39, 0.29) is 22.9 Å². The number of carboxylic acid groups (broad SMARTS) is 1. The Labute approximate surface area is 122 Å². The average molecular weight is 347 g/mol. The molecule has 1 aromatic rings. The standard InChI is InChI=1S/C12H9BrClNO4/c13-5-7(4-10(16)17)15-11(18)8-2-1-6(14)3-9(8)12(15)19/h1-3,7H,4-5H2,(H,16,17). The molecule has 100 valence electrons. The van der Waals surface area contributed by atoms with E-state index in [1.807, 2.05) is 0 Å². The maximum atomic E-state index is 12.2. The fourth-order valence-corrected chi connectivity index (χ4v) is 2.67. The summed E-state index contributed by atoms with van der Waals surface area (Å²) in [5.74, 6) is -2.06. The normalized spacial score (nSPS) is 15.6. The lowest BCUT2D eigenvalue weighted by atomic mass is 10.1. The molecular formula is C12H9BrClNO4. The van der Waals surface area contributed by atoms with Gasteiger partial charge in [0.05, 0.1) is 23.6 Å². The van der Waals surface area contributed by atoms with Crippen LogP contribution in [0.15, 0.2) is 18.2 Å². The van der Waals surface area contributed by atoms with Gasteiger partial charge in [-0.1, -0.05) is 27.5 Å². The number of carbonyl (C=O) groups is 3. The predicted octanol–water partition coefficient (Wildman–Crippen LogP) is 2.17. The lowest BCUT2D eigenvalue weighted by Crippen LogP contribution is -2.42. The molecule has 19 heavy (non-hydrogen) atoms. The SMILES string of the molecule is O=C(O)CC(CBr)N1C(=O)c2ccc(Cl)cc2C1=O. The minimum absolute atomic E-state index is 0.207. The largest absolute Gasteiger partial charge is 0.481 e. The molecule has 1 aromatic carbocycles. The first-order chi connectivity index (χ1) is 8.95. The van der Waals surface area contributed by atoms with Crippen LogP contribution in [-0.2, 0) is 4.79 Å². The van der Waals surface area contributed by atoms with E-state index in [1.54, 1.807) is 0 Å². The van der Waals surface area contributed by atoms with Crippen LogP contribution in [0.1, 0.15) is 27.1 Å². The van der Waals surface area contributed by atoms with Crippen molar-refractivity contribution in [1.82, 2.24) is 4.90 Å². The highest BCUT2D eigenvalue weighted by Gasteiger charge is 2.40. The molecule has 0 aliphatic carbocycles. The molecule has 5 nitrogen and oxygen atoms in total. The van der Waals surface area contributed by atoms with Crippen LogP contribution < -0.4 is 0 Å². The molecule has 2 rings (SSSR count). The maximum absolute atomic E-state index is 12.2. The number of halogens is 2. The molecule has 1 aliphatic rings. The molecule has 1 aliphatic heterocycles. The van der Waals surface area contributed by atoms with Crippen molar-refractivity contribution in [2.24, 2.45) is 0 Å². The second-order valence-electron chi connectivity index (χ2n) is 4.08. The van der Waals surface area contributed by atoms with Gasteiger partial charge in [-0.25, -0.2) is 0 Å². The van der Waals surface area contributed by atoms with Gasteiger partial charge < -0.3 is 5.11 Å². The number of aliphatic carboxylic acids is 1. The van der Waals surface area contributed by atoms with Crippen molar-refractivity contribution in [3.05, 3.63) is 34.3 Å². The van der Waals surface area contributed by atoms with Gasteiger partial charge in [-0.3, -0.25) is 19.3 Å². The van der Waals surface area contributed by atoms with Crippen LogP contribution in [0.4, 0.5) is 0 Å². The van der Waals surface area contributed by atoms with Crippen LogP contribution in [0.25, 0.3) is 0 Å². The number of nitrogens with zero attached hydrogens (tertiary/aromatic N) is 1. The van der Waals surface area contributed by atoms with Crippen molar-refractivity contribution in [1.29, 1.82) is 0 Å². The van der Waals surface area contributed by atoms with E-state index in [2.05, 4.69) is 15.9 Å². The second kappa shape index (κ2) is 5.30. The van der Waals surface area contributed by atoms with Crippen molar-refractivity contribution >= 4 is 45.3 Å². The molecule has 1 heterocycles. The lowest BCUT2D eigenvalue weighted by Gasteiger charge is -2.22. The number of carboxylic acids is 1. The van der Waals surface area contributed by atoms with Crippen molar-refractivity contribution in [3.8, 4) is 0 Å². The van der Waals surface area contributed by atoms with E-state index in [4.69, 9.17) is 16.7 Å². The van der Waals surface area contributed by atoms with Gasteiger partial charge in [0.2, 0.25) is 0 Å². The minimum Gasteiger partial charge on any atom is -0.481 e. The van der Waals surface area contributed by atoms with Crippen LogP contribution in [0.2, 0.25) is 5.02 Å². The highest BCUT2D eigenvalue weighted by molar-refractivity contribution is 9.09. The third kappa shape index (κ3) is 2.50. The van der Waals surface area contributed by atoms with Crippen LogP contribution in [0.5, 0.6) is 0 Å². The Balaban J connectivity index is 2.38. The van der Waals surface area contributed by atoms with E-state index in [1.165, 1.54) is 18.2 Å². The minimum atomic E-state index is -1.07. The summed E-state index contributed by atoms with van der Waals surface area (Å²) in [7, 11) is 0. The predicted molar refractivity (Wildman–Crippen MR) is 71.8 cm³/mol. The number of hydrogen-bond donors (Lipinski definition) is 1. The highest BCUT2D eigenvalue weighted by Crippen LogP contribution is 2.28. The number of fused-ring (bicyclic) bond motifs is 1. The molecule has 0 aromatic heterocycles. The first-order valence-electron chi connectivity index (χ1n) is 5.41. The first-order valence-corrected chi connectivity index (χ1v) is 6.91. The molecule has 0 saturated carbocycles. The number of amides is 2. The third-order valence-corrected chi connectivity index (χ3v) is 3.82. The van der Waals surface area contributed by atoms with Gasteiger partial charge in [0.15, 0.2) is 0 Å². The van der Waals surface area contributed by atoms with Crippen molar-refractivity contribution in [2.45, 2.75) is 12.5 Å². The monoisotopic (exact) mass is 345 g/mol. The van der Waals surface area contributed by atoms with Crippen molar-refractivity contribution in [2.75, 3.05) is 5.33 Å². The first kappa shape index (κ1) is 14.0. The van der Waals surface area contributed by atoms with Gasteiger partial charge in [-0.2, -0.15) is 0 Å². The summed E-state index contributed by atoms with van der Waals surface area (Å²) in [6, 6.07) is 3.70. The molecule has 0 spiro atoms. The molecule has 0 saturated heterocycles. The summed E-state index contributed by atoms with van der Waals surface area (Å²) >= 11 is 8.93. The molecule has 1 N–H and O–H groups in total. The van der Waals surface area contributed by atoms with Crippen LogP contribution >= 0.6 is 27.5 Å². The fraction of sp³-hybridized carbons (Fsp3) is 0.250. The van der Waals surface area contributed by atoms with Gasteiger partial charge >= 0.3 is 5.97 Å². The topological polar surface area (TPSA) is 74.7 Å². The highest BCUT2D eigenvalue weighted by atomic mass is 79.9. The Morgan fingerprint density at radius 1 is 1.32 bits per heavy atom. The quantitative estimate of drug-likeness (QED) is 0.670. The zero-order chi connectivity index (χ0) is 14.2. The molecular weight excluding hydrogens is 337 g/mol. The number of rotatable bonds is 4. The van der Waals surface area contributed by atoms with Crippen LogP contribution in [0.3, 0.4) is 0 Å². The van der Waals surface area contributed by atoms with E-state index in [0.29, 0.717) is 5.02 Å². The number of alkyl halides is 1. The van der Waals surface area contributed by atoms with Crippen LogP contribution in [-0.4, -0.2) is 39.2 Å². The number of hydrogen-bond acceptors (Lipinski definition) is 3. The Morgan fingerprint density at radius 3 is 2.53 bits per heavy atom. The lowest BCUT2D eigenvalue weighted by molar-refractivity contribution is -0.137. The Kier molecular flexibility index (Phi) is 3.91. The summed E-state index contributed by atoms with van der Waals surface area (Å²) in [6.45, 7) is 0. The Bertz CT molecular complexity index is 575. The van der Waals surface area contributed by atoms with Gasteiger partial charge in [-0.05, 0) is 18.2 Å². The Morgan fingerprint density at radius 2 is 1.95 bits per heavy atom. The molecule has 7 heteroatoms. The summed E-state index contributed by atoms with van der Waals surface area (Å²) in [4.78, 5) is 36.1. The number of imide groups is 1. The van der Waals surface area contributed by atoms with Gasteiger partial charge in [0, 0.05) is 10.4 Å². The summed E-state index contributed by atoms with van der Waals surface area (Å²) in [5.41, 5.74) is 0.472. The molecule has 2 amide bonds. The zero-order valence-electron chi connectivity index (χ0n) is 9.60. The maximum Gasteiger partial charge on any atom is 0.305 e. The molecule has 0 fully saturated rings. The third-order valence-electron chi connectivity index (χ3n) is 2.83. The number of benzene rings is 1. The molecule has 0 bridgehead atoms. The average Bonchev–Trinajstić information content (AvgIpc) is 2.59. The zero-order valence-corrected chi connectivity index (χ0v) is 11.9. The van der Waals surface area contributed by atoms with Gasteiger partial charge in [-0.15, -0.1) is 0 Å². The number of carbonyl (C=O) groups excluding carboxylic acids is 2. The van der Waals surface area contributed by atoms with Crippen LogP contribution in [0, 0.1) is 0 Å². The molecule has 0 radical (unpaired) electrons. The van der Waals surface area contributed by atoms with E-state index < -0.39 is 23.8 Å². The van der Waals surface area contributed by atoms with Gasteiger partial charge in [0.1, 0.15) is 0 Å². The van der Waals surface area contributed by atoms with Crippen molar-refractivity contribution < 1.29 is 19.5 Å². The van der Waals surface area contributed by atoms with E-state index in [0.717, 1.165) is 4.90 Å². The van der Waals surface area contributed by atoms with E-state index >= 15 is 0 Å². The molecule has 1 atom stereocenters. The second-order valence-corrected chi connectivity index (χ2v) is 5.16. The Hall–Kier alpha value is -1.40. The van der Waals surface area contributed by atoms with Gasteiger partial charge in [0.25, 0.3) is 11.8 Å². The molecule has 1 unspecified atom stereocenters. The smallest absolute Gasteiger partial charge is 0.305 e.